The fourth-order valence-electron chi connectivity index (χ4n) is 3.51. The maximum atomic E-state index is 12.4. The Balaban J connectivity index is 1.28. The van der Waals surface area contributed by atoms with E-state index >= 15 is 0 Å². The van der Waals surface area contributed by atoms with Crippen LogP contribution in [0.2, 0.25) is 0 Å². The Morgan fingerprint density at radius 3 is 2.59 bits per heavy atom. The normalized spacial score (nSPS) is 16.9. The minimum absolute atomic E-state index is 0.0951. The predicted molar refractivity (Wildman–Crippen MR) is 104 cm³/mol. The molecule has 140 valence electrons. The molecule has 1 fully saturated rings. The largest absolute Gasteiger partial charge is 0.454 e. The lowest BCUT2D eigenvalue weighted by molar-refractivity contribution is -0.917. The summed E-state index contributed by atoms with van der Waals surface area (Å²) in [6, 6.07) is 14.3. The molecule has 2 aromatic rings. The first-order chi connectivity index (χ1) is 13.2. The molecule has 5 heteroatoms. The summed E-state index contributed by atoms with van der Waals surface area (Å²) in [5, 5.41) is 0. The van der Waals surface area contributed by atoms with Crippen LogP contribution in [-0.4, -0.2) is 43.8 Å². The van der Waals surface area contributed by atoms with Crippen molar-refractivity contribution in [2.75, 3.05) is 33.0 Å². The lowest BCUT2D eigenvalue weighted by Gasteiger charge is -2.31. The first-order valence-corrected chi connectivity index (χ1v) is 9.43. The summed E-state index contributed by atoms with van der Waals surface area (Å²) in [6.45, 7) is 6.80. The standard InChI is InChI=1S/C22H24N2O3/c1-17-2-4-18(5-3-17)7-9-22(25)24-12-10-23(11-13-24)15-19-6-8-20-21(14-19)27-16-26-20/h2-9,14H,10-13,15-16H2,1H3/p+1/b9-7+. The number of hydrogen-bond donors (Lipinski definition) is 1. The van der Waals surface area contributed by atoms with Gasteiger partial charge in [0.15, 0.2) is 11.5 Å². The third-order valence-corrected chi connectivity index (χ3v) is 5.17. The Kier molecular flexibility index (Phi) is 5.12. The molecule has 0 atom stereocenters. The van der Waals surface area contributed by atoms with E-state index in [-0.39, 0.29) is 5.91 Å². The average molecular weight is 365 g/mol. The molecule has 5 nitrogen and oxygen atoms in total. The highest BCUT2D eigenvalue weighted by molar-refractivity contribution is 5.91. The minimum Gasteiger partial charge on any atom is -0.454 e. The molecule has 2 aliphatic rings. The van der Waals surface area contributed by atoms with Crippen molar-refractivity contribution in [2.45, 2.75) is 13.5 Å². The van der Waals surface area contributed by atoms with Crippen LogP contribution in [0.1, 0.15) is 16.7 Å². The van der Waals surface area contributed by atoms with E-state index in [1.807, 2.05) is 29.2 Å². The van der Waals surface area contributed by atoms with Crippen molar-refractivity contribution in [3.63, 3.8) is 0 Å². The Bertz CT molecular complexity index is 837. The summed E-state index contributed by atoms with van der Waals surface area (Å²) in [5.41, 5.74) is 3.52. The van der Waals surface area contributed by atoms with Gasteiger partial charge in [-0.15, -0.1) is 0 Å². The topological polar surface area (TPSA) is 43.2 Å². The SMILES string of the molecule is Cc1ccc(/C=C/C(=O)N2CC[NH+](Cc3ccc4c(c3)OCO4)CC2)cc1. The smallest absolute Gasteiger partial charge is 0.246 e. The molecule has 27 heavy (non-hydrogen) atoms. The molecule has 1 N–H and O–H groups in total. The van der Waals surface area contributed by atoms with Gasteiger partial charge in [0.25, 0.3) is 0 Å². The average Bonchev–Trinajstić information content (AvgIpc) is 3.16. The van der Waals surface area contributed by atoms with Crippen LogP contribution in [0.25, 0.3) is 6.08 Å². The third-order valence-electron chi connectivity index (χ3n) is 5.17. The predicted octanol–water partition coefficient (Wildman–Crippen LogP) is 1.66. The van der Waals surface area contributed by atoms with Crippen molar-refractivity contribution in [1.82, 2.24) is 4.90 Å². The van der Waals surface area contributed by atoms with Crippen molar-refractivity contribution in [3.8, 4) is 11.5 Å². The molecular weight excluding hydrogens is 340 g/mol. The zero-order chi connectivity index (χ0) is 18.6. The molecular formula is C22H25N2O3+. The van der Waals surface area contributed by atoms with Crippen molar-refractivity contribution < 1.29 is 19.2 Å². The van der Waals surface area contributed by atoms with Gasteiger partial charge >= 0.3 is 0 Å². The van der Waals surface area contributed by atoms with Crippen LogP contribution in [0.3, 0.4) is 0 Å². The van der Waals surface area contributed by atoms with Gasteiger partial charge in [-0.1, -0.05) is 29.8 Å². The molecule has 0 bridgehead atoms. The van der Waals surface area contributed by atoms with E-state index in [4.69, 9.17) is 9.47 Å². The highest BCUT2D eigenvalue weighted by Crippen LogP contribution is 2.32. The number of piperazine rings is 1. The number of ether oxygens (including phenoxy) is 2. The van der Waals surface area contributed by atoms with Gasteiger partial charge in [0.1, 0.15) is 6.54 Å². The van der Waals surface area contributed by atoms with Crippen LogP contribution in [0, 0.1) is 6.92 Å². The summed E-state index contributed by atoms with van der Waals surface area (Å²) in [6.07, 6.45) is 3.58. The number of carbonyl (C=O) groups excluding carboxylic acids is 1. The number of fused-ring (bicyclic) bond motifs is 1. The second kappa shape index (κ2) is 7.84. The zero-order valence-corrected chi connectivity index (χ0v) is 15.6. The quantitative estimate of drug-likeness (QED) is 0.838. The first-order valence-electron chi connectivity index (χ1n) is 9.43. The molecule has 0 spiro atoms. The van der Waals surface area contributed by atoms with E-state index in [0.29, 0.717) is 6.79 Å². The van der Waals surface area contributed by atoms with Gasteiger partial charge in [-0.25, -0.2) is 0 Å². The Labute approximate surface area is 159 Å². The number of rotatable bonds is 4. The number of benzene rings is 2. The lowest BCUT2D eigenvalue weighted by atomic mass is 10.1. The Hall–Kier alpha value is -2.79. The van der Waals surface area contributed by atoms with Crippen LogP contribution < -0.4 is 14.4 Å². The Morgan fingerprint density at radius 1 is 1.07 bits per heavy atom. The molecule has 0 saturated carbocycles. The molecule has 2 heterocycles. The Morgan fingerprint density at radius 2 is 1.81 bits per heavy atom. The minimum atomic E-state index is 0.0951. The summed E-state index contributed by atoms with van der Waals surface area (Å²) < 4.78 is 10.8. The van der Waals surface area contributed by atoms with Gasteiger partial charge in [-0.2, -0.15) is 0 Å². The van der Waals surface area contributed by atoms with Gasteiger partial charge in [0, 0.05) is 11.6 Å². The van der Waals surface area contributed by atoms with Crippen molar-refractivity contribution >= 4 is 12.0 Å². The van der Waals surface area contributed by atoms with E-state index in [0.717, 1.165) is 49.8 Å². The highest BCUT2D eigenvalue weighted by Gasteiger charge is 2.23. The number of carbonyl (C=O) groups is 1. The van der Waals surface area contributed by atoms with Gasteiger partial charge in [-0.3, -0.25) is 4.79 Å². The number of nitrogens with one attached hydrogen (secondary N) is 1. The second-order valence-electron chi connectivity index (χ2n) is 7.18. The second-order valence-corrected chi connectivity index (χ2v) is 7.18. The van der Waals surface area contributed by atoms with Gasteiger partial charge in [0.05, 0.1) is 26.2 Å². The van der Waals surface area contributed by atoms with Crippen LogP contribution in [0.4, 0.5) is 0 Å². The molecule has 1 amide bonds. The summed E-state index contributed by atoms with van der Waals surface area (Å²) in [5.74, 6) is 1.75. The molecule has 2 aliphatic heterocycles. The summed E-state index contributed by atoms with van der Waals surface area (Å²) in [4.78, 5) is 15.9. The van der Waals surface area contributed by atoms with E-state index in [2.05, 4.69) is 31.2 Å². The number of nitrogens with zero attached hydrogens (tertiary/aromatic N) is 1. The van der Waals surface area contributed by atoms with Crippen molar-refractivity contribution in [2.24, 2.45) is 0 Å². The van der Waals surface area contributed by atoms with E-state index in [1.165, 1.54) is 16.0 Å². The molecule has 0 aromatic heterocycles. The summed E-state index contributed by atoms with van der Waals surface area (Å²) in [7, 11) is 0. The number of amides is 1. The van der Waals surface area contributed by atoms with Crippen LogP contribution >= 0.6 is 0 Å². The summed E-state index contributed by atoms with van der Waals surface area (Å²) >= 11 is 0. The number of hydrogen-bond acceptors (Lipinski definition) is 3. The van der Waals surface area contributed by atoms with Crippen LogP contribution in [-0.2, 0) is 11.3 Å². The maximum Gasteiger partial charge on any atom is 0.246 e. The van der Waals surface area contributed by atoms with Gasteiger partial charge in [0.2, 0.25) is 12.7 Å². The molecule has 0 radical (unpaired) electrons. The van der Waals surface area contributed by atoms with Crippen molar-refractivity contribution in [3.05, 3.63) is 65.2 Å². The zero-order valence-electron chi connectivity index (χ0n) is 15.6. The monoisotopic (exact) mass is 365 g/mol. The fourth-order valence-corrected chi connectivity index (χ4v) is 3.51. The maximum absolute atomic E-state index is 12.4. The van der Waals surface area contributed by atoms with E-state index < -0.39 is 0 Å². The molecule has 0 unspecified atom stereocenters. The van der Waals surface area contributed by atoms with Gasteiger partial charge in [-0.05, 0) is 36.8 Å². The molecule has 1 saturated heterocycles. The van der Waals surface area contributed by atoms with Crippen LogP contribution in [0.5, 0.6) is 11.5 Å². The number of quaternary nitrogens is 1. The third kappa shape index (κ3) is 4.31. The lowest BCUT2D eigenvalue weighted by Crippen LogP contribution is -3.13. The van der Waals surface area contributed by atoms with Gasteiger partial charge < -0.3 is 19.3 Å². The molecule has 2 aromatic carbocycles. The van der Waals surface area contributed by atoms with E-state index in [1.54, 1.807) is 6.08 Å². The van der Waals surface area contributed by atoms with Crippen LogP contribution in [0.15, 0.2) is 48.5 Å². The number of aryl methyl sites for hydroxylation is 1. The molecule has 4 rings (SSSR count). The first kappa shape index (κ1) is 17.6. The molecule has 0 aliphatic carbocycles. The fraction of sp³-hybridized carbons (Fsp3) is 0.318. The van der Waals surface area contributed by atoms with E-state index in [9.17, 15) is 4.79 Å². The van der Waals surface area contributed by atoms with Crippen molar-refractivity contribution in [1.29, 1.82) is 0 Å². The highest BCUT2D eigenvalue weighted by atomic mass is 16.7.